The number of benzene rings is 4. The maximum absolute atomic E-state index is 14.2. The molecule has 2 aliphatic rings. The number of amides is 2. The Labute approximate surface area is 360 Å². The highest BCUT2D eigenvalue weighted by molar-refractivity contribution is 5.82. The van der Waals surface area contributed by atoms with E-state index >= 15 is 0 Å². The third-order valence-electron chi connectivity index (χ3n) is 9.32. The van der Waals surface area contributed by atoms with Gasteiger partial charge in [-0.15, -0.1) is 0 Å². The van der Waals surface area contributed by atoms with Gasteiger partial charge in [-0.3, -0.25) is 9.59 Å². The third-order valence-corrected chi connectivity index (χ3v) is 9.32. The highest BCUT2D eigenvalue weighted by Gasteiger charge is 2.30. The first kappa shape index (κ1) is 51.8. The van der Waals surface area contributed by atoms with Crippen molar-refractivity contribution in [2.75, 3.05) is 39.3 Å². The van der Waals surface area contributed by atoms with Crippen molar-refractivity contribution in [3.8, 4) is 0 Å². The van der Waals surface area contributed by atoms with E-state index in [4.69, 9.17) is 19.8 Å². The first-order chi connectivity index (χ1) is 30.0. The summed E-state index contributed by atoms with van der Waals surface area (Å²) in [5, 5.41) is 17.6. The Balaban J connectivity index is 0.000000263. The predicted octanol–water partition coefficient (Wildman–Crippen LogP) is 3.81. The normalized spacial score (nSPS) is 16.0. The minimum atomic E-state index is -5.19. The maximum atomic E-state index is 14.2. The van der Waals surface area contributed by atoms with Gasteiger partial charge < -0.3 is 41.1 Å². The fourth-order valence-electron chi connectivity index (χ4n) is 6.35. The van der Waals surface area contributed by atoms with Crippen LogP contribution in [0.3, 0.4) is 0 Å². The highest BCUT2D eigenvalue weighted by atomic mass is 19.4. The summed E-state index contributed by atoms with van der Waals surface area (Å²) in [6.07, 6.45) is -5.80. The average molecular weight is 913 g/mol. The van der Waals surface area contributed by atoms with E-state index < -0.39 is 47.6 Å². The summed E-state index contributed by atoms with van der Waals surface area (Å²) in [7, 11) is 0. The number of hydrogen-bond acceptors (Lipinski definition) is 6. The van der Waals surface area contributed by atoms with Crippen LogP contribution in [0.5, 0.6) is 0 Å². The number of carboxylic acid groups (broad SMARTS) is 2. The van der Waals surface area contributed by atoms with E-state index in [1.807, 2.05) is 72.8 Å². The largest absolute Gasteiger partial charge is 0.542 e. The molecule has 0 spiro atoms. The maximum Gasteiger partial charge on any atom is 0.430 e. The molecular weight excluding hydrogens is 870 g/mol. The van der Waals surface area contributed by atoms with Gasteiger partial charge in [0.05, 0.1) is 25.9 Å². The monoisotopic (exact) mass is 912 g/mol. The molecule has 2 aliphatic heterocycles. The van der Waals surface area contributed by atoms with Gasteiger partial charge >= 0.3 is 12.4 Å². The molecule has 0 aliphatic carbocycles. The lowest BCUT2D eigenvalue weighted by atomic mass is 9.89. The molecule has 2 atom stereocenters. The summed E-state index contributed by atoms with van der Waals surface area (Å²) in [5.74, 6) is -8.10. The molecule has 0 saturated heterocycles. The van der Waals surface area contributed by atoms with Gasteiger partial charge in [0.15, 0.2) is 0 Å². The van der Waals surface area contributed by atoms with Crippen LogP contribution >= 0.6 is 0 Å². The number of alkyl halides is 6. The van der Waals surface area contributed by atoms with Gasteiger partial charge in [0.25, 0.3) is 0 Å². The van der Waals surface area contributed by atoms with E-state index in [1.54, 1.807) is 9.80 Å². The first-order valence-electron chi connectivity index (χ1n) is 19.2. The van der Waals surface area contributed by atoms with Crippen molar-refractivity contribution in [1.29, 1.82) is 0 Å². The SMILES string of the molecule is O=C([O-])C(F)(F)F.O=C([O-])C(F)(F)F.[NH3+]CCC(=O)N1CC(c2cc(F)ccc2F)=CC(c2ccccc2)C1.[NH3+]CCC(=O)N1CC(c2cc(F)ccc2F)=CC(c2ccccc2)C1. The molecule has 10 nitrogen and oxygen atoms in total. The van der Waals surface area contributed by atoms with Crippen LogP contribution in [0.25, 0.3) is 11.1 Å². The minimum Gasteiger partial charge on any atom is -0.542 e. The van der Waals surface area contributed by atoms with Gasteiger partial charge in [-0.2, -0.15) is 26.3 Å². The molecular formula is C44H42F10N4O6. The van der Waals surface area contributed by atoms with Crippen LogP contribution in [0.15, 0.2) is 109 Å². The molecule has 4 aromatic carbocycles. The van der Waals surface area contributed by atoms with Crippen molar-refractivity contribution in [3.05, 3.63) is 155 Å². The summed E-state index contributed by atoms with van der Waals surface area (Å²) < 4.78 is 119. The molecule has 0 bridgehead atoms. The smallest absolute Gasteiger partial charge is 0.430 e. The van der Waals surface area contributed by atoms with Crippen LogP contribution in [0.2, 0.25) is 0 Å². The Morgan fingerprint density at radius 2 is 0.859 bits per heavy atom. The van der Waals surface area contributed by atoms with Crippen molar-refractivity contribution >= 4 is 34.9 Å². The zero-order valence-corrected chi connectivity index (χ0v) is 33.7. The first-order valence-corrected chi connectivity index (χ1v) is 19.2. The lowest BCUT2D eigenvalue weighted by molar-refractivity contribution is -0.367. The highest BCUT2D eigenvalue weighted by Crippen LogP contribution is 2.33. The van der Waals surface area contributed by atoms with E-state index in [1.165, 1.54) is 12.1 Å². The number of halogens is 10. The van der Waals surface area contributed by atoms with Crippen LogP contribution < -0.4 is 21.7 Å². The Bertz CT molecular complexity index is 2110. The lowest BCUT2D eigenvalue weighted by Gasteiger charge is -2.33. The number of aliphatic carboxylic acids is 2. The molecule has 2 amide bonds. The van der Waals surface area contributed by atoms with Crippen LogP contribution in [-0.4, -0.2) is 85.2 Å². The number of quaternary nitrogens is 2. The van der Waals surface area contributed by atoms with Crippen LogP contribution in [-0.2, 0) is 19.2 Å². The van der Waals surface area contributed by atoms with Crippen molar-refractivity contribution in [2.24, 2.45) is 0 Å². The number of carboxylic acids is 2. The molecule has 2 unspecified atom stereocenters. The molecule has 20 heteroatoms. The summed E-state index contributed by atoms with van der Waals surface area (Å²) in [6, 6.07) is 26.3. The van der Waals surface area contributed by atoms with Crippen molar-refractivity contribution in [1.82, 2.24) is 9.80 Å². The summed E-state index contributed by atoms with van der Waals surface area (Å²) >= 11 is 0. The van der Waals surface area contributed by atoms with Gasteiger partial charge in [-0.05, 0) is 58.7 Å². The quantitative estimate of drug-likeness (QED) is 0.254. The number of carbonyl (C=O) groups excluding carboxylic acids is 4. The molecule has 64 heavy (non-hydrogen) atoms. The van der Waals surface area contributed by atoms with Gasteiger partial charge in [-0.25, -0.2) is 17.6 Å². The molecule has 0 radical (unpaired) electrons. The number of hydrogen-bond donors (Lipinski definition) is 2. The van der Waals surface area contributed by atoms with E-state index in [2.05, 4.69) is 11.5 Å². The summed E-state index contributed by atoms with van der Waals surface area (Å²) in [4.78, 5) is 45.8. The Hall–Kier alpha value is -6.54. The van der Waals surface area contributed by atoms with Crippen LogP contribution in [0.1, 0.15) is 46.9 Å². The molecule has 0 fully saturated rings. The second kappa shape index (κ2) is 23.8. The van der Waals surface area contributed by atoms with Gasteiger partial charge in [0, 0.05) is 49.1 Å². The van der Waals surface area contributed by atoms with E-state index in [-0.39, 0.29) is 47.9 Å². The molecule has 2 heterocycles. The molecule has 4 aromatic rings. The van der Waals surface area contributed by atoms with Crippen molar-refractivity contribution < 1.29 is 84.8 Å². The van der Waals surface area contributed by atoms with Crippen molar-refractivity contribution in [2.45, 2.75) is 37.0 Å². The van der Waals surface area contributed by atoms with Gasteiger partial charge in [0.1, 0.15) is 35.2 Å². The van der Waals surface area contributed by atoms with Crippen LogP contribution in [0.4, 0.5) is 43.9 Å². The number of nitrogens with zero attached hydrogens (tertiary/aromatic N) is 2. The van der Waals surface area contributed by atoms with Crippen LogP contribution in [0, 0.1) is 23.3 Å². The Morgan fingerprint density at radius 1 is 0.547 bits per heavy atom. The predicted molar refractivity (Wildman–Crippen MR) is 207 cm³/mol. The fourth-order valence-corrected chi connectivity index (χ4v) is 6.35. The average Bonchev–Trinajstić information content (AvgIpc) is 3.26. The summed E-state index contributed by atoms with van der Waals surface area (Å²) in [6.45, 7) is 2.65. The van der Waals surface area contributed by atoms with E-state index in [0.29, 0.717) is 50.2 Å². The zero-order valence-electron chi connectivity index (χ0n) is 33.7. The van der Waals surface area contributed by atoms with E-state index in [9.17, 15) is 53.5 Å². The Kier molecular flexibility index (Phi) is 19.2. The molecule has 0 saturated carbocycles. The van der Waals surface area contributed by atoms with Crippen molar-refractivity contribution in [3.63, 3.8) is 0 Å². The zero-order chi connectivity index (χ0) is 47.8. The standard InChI is InChI=1S/2C20H20F2N2O.2C2HF3O2/c2*21-17-6-7-19(22)18(11-17)16-10-15(14-4-2-1-3-5-14)12-24(13-16)20(25)8-9-23;2*3-2(4,5)1(6)7/h2*1-7,10-11,15H,8-9,12-13,23H2;2*(H,6,7). The number of rotatable bonds is 8. The minimum absolute atomic E-state index is 0.0154. The Morgan fingerprint density at radius 3 is 1.14 bits per heavy atom. The topological polar surface area (TPSA) is 176 Å². The second-order valence-corrected chi connectivity index (χ2v) is 14.0. The molecule has 344 valence electrons. The van der Waals surface area contributed by atoms with E-state index in [0.717, 1.165) is 35.4 Å². The molecule has 0 aromatic heterocycles. The van der Waals surface area contributed by atoms with Gasteiger partial charge in [-0.1, -0.05) is 72.8 Å². The summed E-state index contributed by atoms with van der Waals surface area (Å²) in [5.41, 5.74) is 11.2. The molecule has 6 N–H and O–H groups in total. The molecule has 6 rings (SSSR count). The lowest BCUT2D eigenvalue weighted by Crippen LogP contribution is -2.52. The second-order valence-electron chi connectivity index (χ2n) is 14.0. The number of carbonyl (C=O) groups is 4. The third kappa shape index (κ3) is 16.0. The van der Waals surface area contributed by atoms with Gasteiger partial charge in [0.2, 0.25) is 11.8 Å². The fraction of sp³-hybridized carbons (Fsp3) is 0.273.